The average molecular weight is 782 g/mol. The molecule has 0 saturated carbocycles. The quantitative estimate of drug-likeness (QED) is 0.109. The maximum Gasteiger partial charge on any atom is 0.262 e. The molecule has 2 N–H and O–H groups in total. The molecule has 4 aromatic rings. The number of hydrogen-bond donors (Lipinski definition) is 2. The van der Waals surface area contributed by atoms with Crippen molar-refractivity contribution >= 4 is 29.1 Å². The first-order valence-electron chi connectivity index (χ1n) is 20.1. The lowest BCUT2D eigenvalue weighted by Crippen LogP contribution is -2.50. The summed E-state index contributed by atoms with van der Waals surface area (Å²) >= 11 is 0. The fourth-order valence-electron chi connectivity index (χ4n) is 7.28. The maximum absolute atomic E-state index is 15.2. The number of anilines is 3. The molecule has 0 radical (unpaired) electrons. The Labute approximate surface area is 335 Å². The molecule has 0 bridgehead atoms. The molecule has 0 unspecified atom stereocenters. The second-order valence-corrected chi connectivity index (χ2v) is 15.1. The Morgan fingerprint density at radius 2 is 1.63 bits per heavy atom. The van der Waals surface area contributed by atoms with Crippen LogP contribution in [0.15, 0.2) is 60.8 Å². The topological polar surface area (TPSA) is 121 Å². The number of rotatable bonds is 16. The number of hydrogen-bond acceptors (Lipinski definition) is 10. The number of methoxy groups -OCH3 is 1. The molecule has 2 fully saturated rings. The molecular weight excluding hydrogens is 726 g/mol. The summed E-state index contributed by atoms with van der Waals surface area (Å²) in [6.45, 7) is 15.0. The van der Waals surface area contributed by atoms with Crippen LogP contribution in [0.4, 0.5) is 21.7 Å². The Morgan fingerprint density at radius 1 is 0.895 bits per heavy atom. The molecule has 3 heterocycles. The first-order valence-corrected chi connectivity index (χ1v) is 20.1. The molecule has 12 nitrogen and oxygen atoms in total. The van der Waals surface area contributed by atoms with E-state index in [0.717, 1.165) is 68.9 Å². The number of piperazine rings is 1. The van der Waals surface area contributed by atoms with E-state index in [9.17, 15) is 9.59 Å². The van der Waals surface area contributed by atoms with E-state index in [1.165, 1.54) is 38.6 Å². The van der Waals surface area contributed by atoms with Crippen molar-refractivity contribution in [1.82, 2.24) is 24.7 Å². The lowest BCUT2D eigenvalue weighted by Gasteiger charge is -2.37. The van der Waals surface area contributed by atoms with Crippen LogP contribution in [0, 0.1) is 19.7 Å². The van der Waals surface area contributed by atoms with E-state index in [2.05, 4.69) is 44.2 Å². The summed E-state index contributed by atoms with van der Waals surface area (Å²) in [5.41, 5.74) is 3.85. The van der Waals surface area contributed by atoms with Crippen molar-refractivity contribution < 1.29 is 28.2 Å². The molecule has 57 heavy (non-hydrogen) atoms. The van der Waals surface area contributed by atoms with E-state index in [4.69, 9.17) is 14.2 Å². The number of nitrogens with zero attached hydrogens (tertiary/aromatic N) is 5. The van der Waals surface area contributed by atoms with Crippen LogP contribution in [-0.2, 0) is 11.2 Å². The second kappa shape index (κ2) is 19.7. The van der Waals surface area contributed by atoms with E-state index in [-0.39, 0.29) is 29.0 Å². The molecule has 1 aromatic heterocycles. The van der Waals surface area contributed by atoms with Crippen molar-refractivity contribution in [3.05, 3.63) is 88.9 Å². The zero-order valence-electron chi connectivity index (χ0n) is 33.9. The molecule has 2 aliphatic heterocycles. The van der Waals surface area contributed by atoms with Crippen LogP contribution in [0.5, 0.6) is 23.1 Å². The van der Waals surface area contributed by atoms with Gasteiger partial charge in [0.1, 0.15) is 5.56 Å². The monoisotopic (exact) mass is 781 g/mol. The number of ether oxygens (including phenoxy) is 3. The third kappa shape index (κ3) is 11.2. The third-order valence-corrected chi connectivity index (χ3v) is 10.7. The van der Waals surface area contributed by atoms with Gasteiger partial charge < -0.3 is 34.6 Å². The highest BCUT2D eigenvalue weighted by Crippen LogP contribution is 2.35. The van der Waals surface area contributed by atoms with Gasteiger partial charge in [0.25, 0.3) is 5.91 Å². The van der Waals surface area contributed by atoms with Crippen molar-refractivity contribution in [2.45, 2.75) is 72.3 Å². The molecule has 0 spiro atoms. The molecule has 3 aromatic carbocycles. The van der Waals surface area contributed by atoms with Crippen LogP contribution in [-0.4, -0.2) is 102 Å². The van der Waals surface area contributed by atoms with Gasteiger partial charge in [-0.2, -0.15) is 4.98 Å². The lowest BCUT2D eigenvalue weighted by molar-refractivity contribution is -0.133. The Hall–Kier alpha value is -5.27. The van der Waals surface area contributed by atoms with Gasteiger partial charge in [0.15, 0.2) is 23.1 Å². The van der Waals surface area contributed by atoms with E-state index >= 15 is 4.39 Å². The zero-order chi connectivity index (χ0) is 40.3. The highest BCUT2D eigenvalue weighted by Gasteiger charge is 2.24. The third-order valence-electron chi connectivity index (χ3n) is 10.7. The molecule has 13 heteroatoms. The van der Waals surface area contributed by atoms with Gasteiger partial charge in [-0.15, -0.1) is 0 Å². The standard InChI is InChI=1S/C44H56FN7O5/c1-30(2)51-22-24-52(25-23-51)40(53)18-14-33-13-16-38(39(27-33)55-5)57-43-35(42(54)48-41-31(3)11-9-12-32(41)4)29-46-44(49-43)47-34-15-17-37(36(45)28-34)56-26-10-21-50-19-7-6-8-20-50/h9,11-13,15-17,27-30H,6-8,10,14,18-26H2,1-5H3,(H,48,54)(H,46,47,49). The fraction of sp³-hybridized carbons (Fsp3) is 0.455. The van der Waals surface area contributed by atoms with Crippen LogP contribution < -0.4 is 24.8 Å². The van der Waals surface area contributed by atoms with Crippen molar-refractivity contribution in [1.29, 1.82) is 0 Å². The number of nitrogens with one attached hydrogen (secondary N) is 2. The van der Waals surface area contributed by atoms with Gasteiger partial charge in [-0.25, -0.2) is 9.37 Å². The van der Waals surface area contributed by atoms with Gasteiger partial charge in [0.2, 0.25) is 17.7 Å². The number of piperidine rings is 1. The van der Waals surface area contributed by atoms with Crippen molar-refractivity contribution in [3.63, 3.8) is 0 Å². The molecule has 304 valence electrons. The number of aryl methyl sites for hydroxylation is 3. The highest BCUT2D eigenvalue weighted by molar-refractivity contribution is 6.06. The molecule has 2 amide bonds. The first kappa shape index (κ1) is 41.4. The molecular formula is C44H56FN7O5. The van der Waals surface area contributed by atoms with Gasteiger partial charge >= 0.3 is 0 Å². The normalized spacial score (nSPS) is 15.0. The van der Waals surface area contributed by atoms with Gasteiger partial charge in [0.05, 0.1) is 13.7 Å². The number of carbonyl (C=O) groups excluding carboxylic acids is 2. The van der Waals surface area contributed by atoms with Gasteiger partial charge in [-0.1, -0.05) is 30.7 Å². The van der Waals surface area contributed by atoms with Crippen molar-refractivity contribution in [2.75, 3.05) is 70.2 Å². The highest BCUT2D eigenvalue weighted by atomic mass is 19.1. The summed E-state index contributed by atoms with van der Waals surface area (Å²) in [6, 6.07) is 16.3. The maximum atomic E-state index is 15.2. The largest absolute Gasteiger partial charge is 0.493 e. The smallest absolute Gasteiger partial charge is 0.262 e. The van der Waals surface area contributed by atoms with Crippen LogP contribution in [0.25, 0.3) is 0 Å². The predicted octanol–water partition coefficient (Wildman–Crippen LogP) is 7.77. The zero-order valence-corrected chi connectivity index (χ0v) is 33.9. The number of amides is 2. The number of likely N-dealkylation sites (tertiary alicyclic amines) is 1. The number of benzene rings is 3. The van der Waals surface area contributed by atoms with Crippen LogP contribution in [0.3, 0.4) is 0 Å². The van der Waals surface area contributed by atoms with E-state index < -0.39 is 11.7 Å². The summed E-state index contributed by atoms with van der Waals surface area (Å²) in [7, 11) is 1.53. The van der Waals surface area contributed by atoms with Gasteiger partial charge in [-0.3, -0.25) is 14.5 Å². The molecule has 0 aliphatic carbocycles. The Bertz CT molecular complexity index is 1980. The minimum absolute atomic E-state index is 0.0351. The number of aromatic nitrogens is 2. The Balaban J connectivity index is 1.16. The summed E-state index contributed by atoms with van der Waals surface area (Å²) in [5, 5.41) is 6.02. The number of para-hydroxylation sites is 1. The van der Waals surface area contributed by atoms with E-state index in [0.29, 0.717) is 48.4 Å². The Kier molecular flexibility index (Phi) is 14.3. The Morgan fingerprint density at radius 3 is 2.33 bits per heavy atom. The van der Waals surface area contributed by atoms with Crippen LogP contribution >= 0.6 is 0 Å². The van der Waals surface area contributed by atoms with Crippen molar-refractivity contribution in [3.8, 4) is 23.1 Å². The summed E-state index contributed by atoms with van der Waals surface area (Å²) in [4.78, 5) is 42.6. The molecule has 6 rings (SSSR count). The summed E-state index contributed by atoms with van der Waals surface area (Å²) < 4.78 is 33.0. The van der Waals surface area contributed by atoms with Crippen LogP contribution in [0.1, 0.15) is 73.0 Å². The fourth-order valence-corrected chi connectivity index (χ4v) is 7.28. The minimum Gasteiger partial charge on any atom is -0.493 e. The van der Waals surface area contributed by atoms with E-state index in [1.54, 1.807) is 18.2 Å². The van der Waals surface area contributed by atoms with Gasteiger partial charge in [0, 0.05) is 68.8 Å². The minimum atomic E-state index is -0.515. The average Bonchev–Trinajstić information content (AvgIpc) is 3.21. The molecule has 2 aliphatic rings. The van der Waals surface area contributed by atoms with Gasteiger partial charge in [-0.05, 0) is 107 Å². The lowest BCUT2D eigenvalue weighted by atomic mass is 10.1. The second-order valence-electron chi connectivity index (χ2n) is 15.1. The van der Waals surface area contributed by atoms with Crippen molar-refractivity contribution in [2.24, 2.45) is 0 Å². The summed E-state index contributed by atoms with van der Waals surface area (Å²) in [6.07, 6.45) is 6.85. The predicted molar refractivity (Wildman–Crippen MR) is 221 cm³/mol. The SMILES string of the molecule is COc1cc(CCC(=O)N2CCN(C(C)C)CC2)ccc1Oc1nc(Nc2ccc(OCCCN3CCCCC3)c(F)c2)ncc1C(=O)Nc1c(C)cccc1C. The summed E-state index contributed by atoms with van der Waals surface area (Å²) in [5.74, 6) is 0.0999. The number of carbonyl (C=O) groups is 2. The molecule has 2 saturated heterocycles. The first-order chi connectivity index (χ1) is 27.6. The van der Waals surface area contributed by atoms with Crippen LogP contribution in [0.2, 0.25) is 0 Å². The number of halogens is 1. The van der Waals surface area contributed by atoms with E-state index in [1.807, 2.05) is 49.1 Å². The molecule has 0 atom stereocenters.